The van der Waals surface area contributed by atoms with Crippen LogP contribution in [0.1, 0.15) is 23.2 Å². The molecule has 7 heteroatoms. The number of amides is 1. The third-order valence-corrected chi connectivity index (χ3v) is 4.49. The molecule has 4 heterocycles. The van der Waals surface area contributed by atoms with Gasteiger partial charge in [0.25, 0.3) is 5.91 Å². The minimum Gasteiger partial charge on any atom is -0.484 e. The van der Waals surface area contributed by atoms with Crippen molar-refractivity contribution >= 4 is 5.91 Å². The molecule has 0 spiro atoms. The van der Waals surface area contributed by atoms with Crippen molar-refractivity contribution in [1.29, 1.82) is 0 Å². The first-order valence-electron chi connectivity index (χ1n) is 8.09. The number of rotatable bonds is 3. The first-order valence-corrected chi connectivity index (χ1v) is 8.09. The van der Waals surface area contributed by atoms with E-state index in [1.165, 1.54) is 12.4 Å². The number of ether oxygens (including phenoxy) is 2. The minimum absolute atomic E-state index is 0.0288. The zero-order chi connectivity index (χ0) is 16.4. The van der Waals surface area contributed by atoms with Gasteiger partial charge < -0.3 is 14.4 Å². The SMILES string of the molecule is O=C(c1ccnnc1)N1C[C@@H](Oc2cccnc2)[C@@H]2OCCC[C@@H]21. The van der Waals surface area contributed by atoms with E-state index in [1.54, 1.807) is 18.5 Å². The lowest BCUT2D eigenvalue weighted by atomic mass is 10.0. The Hall–Kier alpha value is -2.54. The van der Waals surface area contributed by atoms with Crippen LogP contribution in [0, 0.1) is 0 Å². The predicted octanol–water partition coefficient (Wildman–Crippen LogP) is 1.32. The molecule has 0 aromatic carbocycles. The summed E-state index contributed by atoms with van der Waals surface area (Å²) in [5, 5.41) is 7.53. The lowest BCUT2D eigenvalue weighted by molar-refractivity contribution is -0.0447. The largest absolute Gasteiger partial charge is 0.484 e. The van der Waals surface area contributed by atoms with Gasteiger partial charge in [0.1, 0.15) is 18.0 Å². The summed E-state index contributed by atoms with van der Waals surface area (Å²) in [6.45, 7) is 1.19. The zero-order valence-electron chi connectivity index (χ0n) is 13.1. The highest BCUT2D eigenvalue weighted by Gasteiger charge is 2.47. The number of likely N-dealkylation sites (tertiary alicyclic amines) is 1. The molecule has 124 valence electrons. The molecule has 2 saturated heterocycles. The first-order chi connectivity index (χ1) is 11.8. The third-order valence-electron chi connectivity index (χ3n) is 4.49. The Balaban J connectivity index is 1.56. The van der Waals surface area contributed by atoms with Gasteiger partial charge in [-0.05, 0) is 31.0 Å². The molecule has 2 aromatic rings. The Bertz CT molecular complexity index is 697. The van der Waals surface area contributed by atoms with Crippen molar-refractivity contribution in [3.63, 3.8) is 0 Å². The Labute approximate surface area is 139 Å². The number of carbonyl (C=O) groups is 1. The quantitative estimate of drug-likeness (QED) is 0.847. The summed E-state index contributed by atoms with van der Waals surface area (Å²) in [5.41, 5.74) is 0.538. The second-order valence-corrected chi connectivity index (χ2v) is 5.98. The van der Waals surface area contributed by atoms with E-state index in [4.69, 9.17) is 9.47 Å². The Kier molecular flexibility index (Phi) is 4.08. The molecule has 0 aliphatic carbocycles. The van der Waals surface area contributed by atoms with Crippen LogP contribution in [0.5, 0.6) is 5.75 Å². The van der Waals surface area contributed by atoms with Gasteiger partial charge in [-0.3, -0.25) is 9.78 Å². The molecular weight excluding hydrogens is 308 g/mol. The van der Waals surface area contributed by atoms with Crippen molar-refractivity contribution < 1.29 is 14.3 Å². The fourth-order valence-electron chi connectivity index (χ4n) is 3.42. The standard InChI is InChI=1S/C17H18N4O3/c22-17(12-5-7-19-20-9-12)21-11-15(16-14(21)4-2-8-23-16)24-13-3-1-6-18-10-13/h1,3,5-7,9-10,14-16H,2,4,8,11H2/t14-,15+,16+/m0/s1. The van der Waals surface area contributed by atoms with Crippen LogP contribution in [0.3, 0.4) is 0 Å². The molecule has 0 bridgehead atoms. The lowest BCUT2D eigenvalue weighted by Gasteiger charge is -2.32. The fraction of sp³-hybridized carbons (Fsp3) is 0.412. The van der Waals surface area contributed by atoms with Crippen molar-refractivity contribution in [3.8, 4) is 5.75 Å². The summed E-state index contributed by atoms with van der Waals surface area (Å²) in [5.74, 6) is 0.637. The van der Waals surface area contributed by atoms with Gasteiger partial charge in [0.05, 0.1) is 36.7 Å². The highest BCUT2D eigenvalue weighted by Crippen LogP contribution is 2.32. The van der Waals surface area contributed by atoms with Gasteiger partial charge in [-0.15, -0.1) is 0 Å². The molecule has 1 amide bonds. The van der Waals surface area contributed by atoms with Gasteiger partial charge in [-0.2, -0.15) is 10.2 Å². The molecule has 24 heavy (non-hydrogen) atoms. The summed E-state index contributed by atoms with van der Waals surface area (Å²) in [6.07, 6.45) is 7.96. The maximum absolute atomic E-state index is 12.8. The Morgan fingerprint density at radius 3 is 3.00 bits per heavy atom. The van der Waals surface area contributed by atoms with Crippen LogP contribution in [-0.2, 0) is 4.74 Å². The second kappa shape index (κ2) is 6.52. The van der Waals surface area contributed by atoms with Gasteiger partial charge in [0.2, 0.25) is 0 Å². The van der Waals surface area contributed by atoms with E-state index in [9.17, 15) is 4.79 Å². The van der Waals surface area contributed by atoms with E-state index in [1.807, 2.05) is 17.0 Å². The molecule has 7 nitrogen and oxygen atoms in total. The monoisotopic (exact) mass is 326 g/mol. The first kappa shape index (κ1) is 15.0. The number of hydrogen-bond donors (Lipinski definition) is 0. The summed E-state index contributed by atoms with van der Waals surface area (Å²) in [7, 11) is 0. The lowest BCUT2D eigenvalue weighted by Crippen LogP contribution is -2.44. The Morgan fingerprint density at radius 1 is 1.25 bits per heavy atom. The maximum atomic E-state index is 12.8. The van der Waals surface area contributed by atoms with Crippen LogP contribution < -0.4 is 4.74 Å². The maximum Gasteiger partial charge on any atom is 0.256 e. The smallest absolute Gasteiger partial charge is 0.256 e. The molecule has 0 N–H and O–H groups in total. The number of carbonyl (C=O) groups excluding carboxylic acids is 1. The van der Waals surface area contributed by atoms with E-state index in [2.05, 4.69) is 15.2 Å². The van der Waals surface area contributed by atoms with Crippen LogP contribution in [-0.4, -0.2) is 57.4 Å². The molecule has 3 atom stereocenters. The number of pyridine rings is 1. The van der Waals surface area contributed by atoms with Crippen molar-refractivity contribution in [3.05, 3.63) is 48.5 Å². The highest BCUT2D eigenvalue weighted by atomic mass is 16.5. The van der Waals surface area contributed by atoms with Crippen LogP contribution in [0.25, 0.3) is 0 Å². The molecule has 0 saturated carbocycles. The molecule has 2 aliphatic rings. The van der Waals surface area contributed by atoms with Gasteiger partial charge in [-0.25, -0.2) is 0 Å². The molecular formula is C17H18N4O3. The number of fused-ring (bicyclic) bond motifs is 1. The normalized spacial score (nSPS) is 26.0. The summed E-state index contributed by atoms with van der Waals surface area (Å²) >= 11 is 0. The van der Waals surface area contributed by atoms with Crippen molar-refractivity contribution in [1.82, 2.24) is 20.1 Å². The topological polar surface area (TPSA) is 77.4 Å². The van der Waals surface area contributed by atoms with Gasteiger partial charge >= 0.3 is 0 Å². The van der Waals surface area contributed by atoms with Crippen LogP contribution in [0.2, 0.25) is 0 Å². The molecule has 2 aromatic heterocycles. The molecule has 2 fully saturated rings. The molecule has 4 rings (SSSR count). The Morgan fingerprint density at radius 2 is 2.21 bits per heavy atom. The van der Waals surface area contributed by atoms with Gasteiger partial charge in [0, 0.05) is 12.8 Å². The number of aromatic nitrogens is 3. The zero-order valence-corrected chi connectivity index (χ0v) is 13.1. The molecule has 2 aliphatic heterocycles. The second-order valence-electron chi connectivity index (χ2n) is 5.98. The van der Waals surface area contributed by atoms with Crippen molar-refractivity contribution in [2.24, 2.45) is 0 Å². The van der Waals surface area contributed by atoms with Crippen LogP contribution >= 0.6 is 0 Å². The van der Waals surface area contributed by atoms with Crippen LogP contribution in [0.4, 0.5) is 0 Å². The van der Waals surface area contributed by atoms with E-state index in [0.717, 1.165) is 12.8 Å². The van der Waals surface area contributed by atoms with Crippen molar-refractivity contribution in [2.75, 3.05) is 13.2 Å². The predicted molar refractivity (Wildman–Crippen MR) is 84.5 cm³/mol. The van der Waals surface area contributed by atoms with Gasteiger partial charge in [-0.1, -0.05) is 0 Å². The highest BCUT2D eigenvalue weighted by molar-refractivity contribution is 5.94. The van der Waals surface area contributed by atoms with E-state index in [-0.39, 0.29) is 24.2 Å². The van der Waals surface area contributed by atoms with E-state index >= 15 is 0 Å². The summed E-state index contributed by atoms with van der Waals surface area (Å²) < 4.78 is 12.0. The van der Waals surface area contributed by atoms with Gasteiger partial charge in [0.15, 0.2) is 0 Å². The minimum atomic E-state index is -0.196. The average molecular weight is 326 g/mol. The van der Waals surface area contributed by atoms with E-state index in [0.29, 0.717) is 24.5 Å². The summed E-state index contributed by atoms with van der Waals surface area (Å²) in [6, 6.07) is 5.40. The van der Waals surface area contributed by atoms with E-state index < -0.39 is 0 Å². The third kappa shape index (κ3) is 2.82. The summed E-state index contributed by atoms with van der Waals surface area (Å²) in [4.78, 5) is 18.8. The fourth-order valence-corrected chi connectivity index (χ4v) is 3.42. The molecule has 0 unspecified atom stereocenters. The average Bonchev–Trinajstić information content (AvgIpc) is 3.01. The molecule has 0 radical (unpaired) electrons. The van der Waals surface area contributed by atoms with Crippen molar-refractivity contribution in [2.45, 2.75) is 31.1 Å². The van der Waals surface area contributed by atoms with Crippen LogP contribution in [0.15, 0.2) is 43.0 Å². The number of nitrogens with zero attached hydrogens (tertiary/aromatic N) is 4. The number of hydrogen-bond acceptors (Lipinski definition) is 6.